The van der Waals surface area contributed by atoms with E-state index in [1.807, 2.05) is 23.9 Å². The third kappa shape index (κ3) is 3.17. The number of aromatic nitrogens is 2. The van der Waals surface area contributed by atoms with Gasteiger partial charge in [0.15, 0.2) is 0 Å². The molecule has 19 heavy (non-hydrogen) atoms. The van der Waals surface area contributed by atoms with Crippen molar-refractivity contribution in [3.63, 3.8) is 0 Å². The smallest absolute Gasteiger partial charge is 0.0644 e. The Kier molecular flexibility index (Phi) is 4.62. The zero-order valence-electron chi connectivity index (χ0n) is 11.4. The van der Waals surface area contributed by atoms with Crippen molar-refractivity contribution in [3.05, 3.63) is 38.8 Å². The number of hydrogen-bond donors (Lipinski definition) is 2. The second-order valence-corrected chi connectivity index (χ2v) is 6.19. The number of thiophene rings is 1. The molecule has 3 N–H and O–H groups in total. The predicted molar refractivity (Wildman–Crippen MR) is 80.4 cm³/mol. The van der Waals surface area contributed by atoms with Gasteiger partial charge in [0, 0.05) is 23.5 Å². The topological polar surface area (TPSA) is 55.9 Å². The summed E-state index contributed by atoms with van der Waals surface area (Å²) in [5.41, 5.74) is 4.94. The van der Waals surface area contributed by atoms with Gasteiger partial charge in [-0.1, -0.05) is 11.6 Å². The molecule has 0 spiro atoms. The molecule has 2 rings (SSSR count). The van der Waals surface area contributed by atoms with E-state index in [9.17, 15) is 0 Å². The maximum absolute atomic E-state index is 6.29. The van der Waals surface area contributed by atoms with Crippen LogP contribution < -0.4 is 11.3 Å². The molecule has 0 saturated carbocycles. The lowest BCUT2D eigenvalue weighted by molar-refractivity contribution is 0.509. The first-order valence-electron chi connectivity index (χ1n) is 6.26. The standard InChI is InChI=1S/C13H19ClN4S/c1-8(2)18-5-4-10(17-18)6-11(16-15)13-12(14)9(3)7-19-13/h4-5,7-8,11,16H,6,15H2,1-3H3. The summed E-state index contributed by atoms with van der Waals surface area (Å²) in [6.45, 7) is 6.22. The molecule has 0 fully saturated rings. The molecule has 0 aromatic carbocycles. The Balaban J connectivity index is 2.17. The molecule has 1 atom stereocenters. The molecule has 6 heteroatoms. The molecule has 1 unspecified atom stereocenters. The van der Waals surface area contributed by atoms with Crippen LogP contribution in [0.5, 0.6) is 0 Å². The van der Waals surface area contributed by atoms with Gasteiger partial charge in [-0.3, -0.25) is 16.0 Å². The highest BCUT2D eigenvalue weighted by atomic mass is 35.5. The minimum Gasteiger partial charge on any atom is -0.271 e. The summed E-state index contributed by atoms with van der Waals surface area (Å²) < 4.78 is 1.95. The third-order valence-corrected chi connectivity index (χ3v) is 4.88. The van der Waals surface area contributed by atoms with Crippen LogP contribution in [-0.2, 0) is 6.42 Å². The van der Waals surface area contributed by atoms with E-state index in [0.29, 0.717) is 6.04 Å². The van der Waals surface area contributed by atoms with Gasteiger partial charge in [-0.15, -0.1) is 11.3 Å². The molecule has 0 amide bonds. The van der Waals surface area contributed by atoms with Crippen LogP contribution in [-0.4, -0.2) is 9.78 Å². The van der Waals surface area contributed by atoms with Crippen LogP contribution in [0.2, 0.25) is 5.02 Å². The van der Waals surface area contributed by atoms with E-state index >= 15 is 0 Å². The molecule has 2 heterocycles. The molecule has 104 valence electrons. The predicted octanol–water partition coefficient (Wildman–Crippen LogP) is 3.23. The molecule has 0 aliphatic heterocycles. The third-order valence-electron chi connectivity index (χ3n) is 3.05. The van der Waals surface area contributed by atoms with Crippen LogP contribution in [0, 0.1) is 6.92 Å². The van der Waals surface area contributed by atoms with E-state index in [1.165, 1.54) is 0 Å². The van der Waals surface area contributed by atoms with E-state index in [1.54, 1.807) is 11.3 Å². The Morgan fingerprint density at radius 1 is 1.53 bits per heavy atom. The van der Waals surface area contributed by atoms with Gasteiger partial charge in [-0.25, -0.2) is 0 Å². The number of halogens is 1. The first-order chi connectivity index (χ1) is 9.02. The summed E-state index contributed by atoms with van der Waals surface area (Å²) in [7, 11) is 0. The molecule has 0 aliphatic carbocycles. The van der Waals surface area contributed by atoms with Crippen molar-refractivity contribution in [2.45, 2.75) is 39.3 Å². The Morgan fingerprint density at radius 2 is 2.26 bits per heavy atom. The van der Waals surface area contributed by atoms with Gasteiger partial charge < -0.3 is 0 Å². The lowest BCUT2D eigenvalue weighted by atomic mass is 10.1. The lowest BCUT2D eigenvalue weighted by Crippen LogP contribution is -2.29. The minimum atomic E-state index is 0.00159. The monoisotopic (exact) mass is 298 g/mol. The van der Waals surface area contributed by atoms with Crippen molar-refractivity contribution in [2.75, 3.05) is 0 Å². The van der Waals surface area contributed by atoms with Crippen LogP contribution in [0.4, 0.5) is 0 Å². The van der Waals surface area contributed by atoms with Crippen LogP contribution >= 0.6 is 22.9 Å². The van der Waals surface area contributed by atoms with Gasteiger partial charge >= 0.3 is 0 Å². The number of nitrogens with zero attached hydrogens (tertiary/aromatic N) is 2. The molecule has 2 aromatic heterocycles. The maximum Gasteiger partial charge on any atom is 0.0644 e. The maximum atomic E-state index is 6.29. The fourth-order valence-electron chi connectivity index (χ4n) is 1.90. The zero-order valence-corrected chi connectivity index (χ0v) is 12.9. The van der Waals surface area contributed by atoms with E-state index in [4.69, 9.17) is 17.4 Å². The number of rotatable bonds is 5. The lowest BCUT2D eigenvalue weighted by Gasteiger charge is -2.13. The van der Waals surface area contributed by atoms with Gasteiger partial charge in [0.1, 0.15) is 0 Å². The summed E-state index contributed by atoms with van der Waals surface area (Å²) in [6.07, 6.45) is 2.73. The van der Waals surface area contributed by atoms with Crippen LogP contribution in [0.15, 0.2) is 17.6 Å². The molecule has 0 saturated heterocycles. The molecule has 0 radical (unpaired) electrons. The highest BCUT2D eigenvalue weighted by Crippen LogP contribution is 2.33. The number of hydrazine groups is 1. The average molecular weight is 299 g/mol. The number of hydrogen-bond acceptors (Lipinski definition) is 4. The Bertz CT molecular complexity index is 547. The highest BCUT2D eigenvalue weighted by Gasteiger charge is 2.18. The SMILES string of the molecule is Cc1csc(C(Cc2ccn(C(C)C)n2)NN)c1Cl. The van der Waals surface area contributed by atoms with Crippen molar-refractivity contribution in [1.29, 1.82) is 0 Å². The van der Waals surface area contributed by atoms with Crippen molar-refractivity contribution >= 4 is 22.9 Å². The second kappa shape index (κ2) is 6.05. The van der Waals surface area contributed by atoms with Gasteiger partial charge in [0.05, 0.1) is 16.8 Å². The largest absolute Gasteiger partial charge is 0.271 e. The Hall–Kier alpha value is -0.880. The van der Waals surface area contributed by atoms with Crippen molar-refractivity contribution < 1.29 is 0 Å². The average Bonchev–Trinajstić information content (AvgIpc) is 2.96. The Labute approximate surface area is 122 Å². The first-order valence-corrected chi connectivity index (χ1v) is 7.52. The molecule has 4 nitrogen and oxygen atoms in total. The van der Waals surface area contributed by atoms with Crippen LogP contribution in [0.1, 0.15) is 42.1 Å². The molecule has 0 aliphatic rings. The van der Waals surface area contributed by atoms with E-state index < -0.39 is 0 Å². The molecule has 2 aromatic rings. The van der Waals surface area contributed by atoms with Gasteiger partial charge in [0.2, 0.25) is 0 Å². The summed E-state index contributed by atoms with van der Waals surface area (Å²) in [5.74, 6) is 5.66. The molecule has 0 bridgehead atoms. The molecular weight excluding hydrogens is 280 g/mol. The number of nitrogens with two attached hydrogens (primary N) is 1. The molecular formula is C13H19ClN4S. The minimum absolute atomic E-state index is 0.00159. The summed E-state index contributed by atoms with van der Waals surface area (Å²) >= 11 is 7.93. The van der Waals surface area contributed by atoms with Crippen molar-refractivity contribution in [3.8, 4) is 0 Å². The van der Waals surface area contributed by atoms with Crippen molar-refractivity contribution in [2.24, 2.45) is 5.84 Å². The van der Waals surface area contributed by atoms with E-state index in [2.05, 4.69) is 29.8 Å². The number of nitrogens with one attached hydrogen (secondary N) is 1. The van der Waals surface area contributed by atoms with E-state index in [0.717, 1.165) is 27.6 Å². The van der Waals surface area contributed by atoms with Crippen LogP contribution in [0.3, 0.4) is 0 Å². The van der Waals surface area contributed by atoms with Gasteiger partial charge in [0.25, 0.3) is 0 Å². The highest BCUT2D eigenvalue weighted by molar-refractivity contribution is 7.10. The van der Waals surface area contributed by atoms with Crippen molar-refractivity contribution in [1.82, 2.24) is 15.2 Å². The fourth-order valence-corrected chi connectivity index (χ4v) is 3.28. The first kappa shape index (κ1) is 14.5. The quantitative estimate of drug-likeness (QED) is 0.658. The Morgan fingerprint density at radius 3 is 2.74 bits per heavy atom. The zero-order chi connectivity index (χ0) is 14.0. The summed E-state index contributed by atoms with van der Waals surface area (Å²) in [5, 5.41) is 7.39. The number of aryl methyl sites for hydroxylation is 1. The van der Waals surface area contributed by atoms with Gasteiger partial charge in [-0.05, 0) is 37.8 Å². The fraction of sp³-hybridized carbons (Fsp3) is 0.462. The van der Waals surface area contributed by atoms with E-state index in [-0.39, 0.29) is 6.04 Å². The normalized spacial score (nSPS) is 13.2. The van der Waals surface area contributed by atoms with Gasteiger partial charge in [-0.2, -0.15) is 5.10 Å². The summed E-state index contributed by atoms with van der Waals surface area (Å²) in [4.78, 5) is 1.07. The van der Waals surface area contributed by atoms with Crippen LogP contribution in [0.25, 0.3) is 0 Å². The second-order valence-electron chi connectivity index (χ2n) is 4.90. The summed E-state index contributed by atoms with van der Waals surface area (Å²) in [6, 6.07) is 2.39.